The van der Waals surface area contributed by atoms with Crippen LogP contribution in [-0.2, 0) is 4.79 Å². The van der Waals surface area contributed by atoms with Gasteiger partial charge in [-0.15, -0.1) is 12.4 Å². The predicted octanol–water partition coefficient (Wildman–Crippen LogP) is 3.68. The molecule has 0 fully saturated rings. The first-order valence-corrected chi connectivity index (χ1v) is 9.79. The van der Waals surface area contributed by atoms with Gasteiger partial charge in [0.1, 0.15) is 0 Å². The van der Waals surface area contributed by atoms with Gasteiger partial charge >= 0.3 is 0 Å². The summed E-state index contributed by atoms with van der Waals surface area (Å²) < 4.78 is 0. The first-order chi connectivity index (χ1) is 15.5. The van der Waals surface area contributed by atoms with Gasteiger partial charge in [0.15, 0.2) is 0 Å². The van der Waals surface area contributed by atoms with Crippen LogP contribution in [0, 0.1) is 11.8 Å². The highest BCUT2D eigenvalue weighted by molar-refractivity contribution is 6.06. The molecule has 8 heteroatoms. The highest BCUT2D eigenvalue weighted by Crippen LogP contribution is 2.24. The van der Waals surface area contributed by atoms with Crippen LogP contribution < -0.4 is 16.6 Å². The first-order valence-electron chi connectivity index (χ1n) is 9.79. The monoisotopic (exact) mass is 457 g/mol. The van der Waals surface area contributed by atoms with Crippen molar-refractivity contribution < 1.29 is 9.59 Å². The van der Waals surface area contributed by atoms with E-state index in [-0.39, 0.29) is 18.3 Å². The summed E-state index contributed by atoms with van der Waals surface area (Å²) in [5, 5.41) is 3.36. The number of nitrogen functional groups attached to an aromatic ring is 1. The second-order valence-corrected chi connectivity index (χ2v) is 7.01. The summed E-state index contributed by atoms with van der Waals surface area (Å²) >= 11 is 0. The second kappa shape index (κ2) is 10.4. The number of fused-ring (bicyclic) bond motifs is 1. The zero-order valence-corrected chi connectivity index (χ0v) is 18.4. The molecule has 0 aliphatic rings. The SMILES string of the molecule is CC(=O)Nc1ccc(C#Cc2ccc(-c3cc(C(=O)NN)c4cnccc4n3)cc2)cc1.Cl. The van der Waals surface area contributed by atoms with E-state index < -0.39 is 5.91 Å². The van der Waals surface area contributed by atoms with Crippen LogP contribution in [0.4, 0.5) is 5.69 Å². The van der Waals surface area contributed by atoms with Gasteiger partial charge in [-0.1, -0.05) is 24.0 Å². The third-order valence-corrected chi connectivity index (χ3v) is 4.72. The van der Waals surface area contributed by atoms with Gasteiger partial charge in [-0.3, -0.25) is 20.0 Å². The van der Waals surface area contributed by atoms with E-state index in [9.17, 15) is 9.59 Å². The summed E-state index contributed by atoms with van der Waals surface area (Å²) in [5.41, 5.74) is 7.14. The summed E-state index contributed by atoms with van der Waals surface area (Å²) in [4.78, 5) is 32.0. The van der Waals surface area contributed by atoms with Crippen LogP contribution in [0.5, 0.6) is 0 Å². The van der Waals surface area contributed by atoms with Crippen molar-refractivity contribution in [3.8, 4) is 23.1 Å². The number of anilines is 1. The van der Waals surface area contributed by atoms with Crippen molar-refractivity contribution >= 4 is 40.8 Å². The molecule has 4 rings (SSSR count). The molecule has 0 saturated carbocycles. The highest BCUT2D eigenvalue weighted by atomic mass is 35.5. The maximum absolute atomic E-state index is 12.2. The minimum atomic E-state index is -0.404. The molecule has 0 saturated heterocycles. The zero-order valence-electron chi connectivity index (χ0n) is 17.6. The fraction of sp³-hybridized carbons (Fsp3) is 0.0400. The molecule has 0 radical (unpaired) electrons. The van der Waals surface area contributed by atoms with Gasteiger partial charge in [0.2, 0.25) is 5.91 Å². The molecule has 4 aromatic rings. The molecule has 7 nitrogen and oxygen atoms in total. The molecule has 164 valence electrons. The van der Waals surface area contributed by atoms with Crippen LogP contribution in [-0.4, -0.2) is 21.8 Å². The topological polar surface area (TPSA) is 110 Å². The molecule has 2 aromatic carbocycles. The molecular formula is C25H20ClN5O2. The summed E-state index contributed by atoms with van der Waals surface area (Å²) in [5.74, 6) is 11.0. The summed E-state index contributed by atoms with van der Waals surface area (Å²) in [6.45, 7) is 1.47. The third-order valence-electron chi connectivity index (χ3n) is 4.72. The highest BCUT2D eigenvalue weighted by Gasteiger charge is 2.13. The number of hydrazine groups is 1. The minimum absolute atomic E-state index is 0. The molecule has 0 atom stereocenters. The van der Waals surface area contributed by atoms with Gasteiger partial charge in [-0.2, -0.15) is 0 Å². The molecule has 0 aliphatic heterocycles. The molecule has 0 spiro atoms. The second-order valence-electron chi connectivity index (χ2n) is 7.01. The predicted molar refractivity (Wildman–Crippen MR) is 131 cm³/mol. The Labute approximate surface area is 196 Å². The Kier molecular flexibility index (Phi) is 7.36. The summed E-state index contributed by atoms with van der Waals surface area (Å²) in [6, 6.07) is 18.4. The van der Waals surface area contributed by atoms with Crippen molar-refractivity contribution in [3.05, 3.63) is 89.7 Å². The molecule has 0 aliphatic carbocycles. The van der Waals surface area contributed by atoms with Gasteiger partial charge in [0.25, 0.3) is 5.91 Å². The van der Waals surface area contributed by atoms with E-state index in [2.05, 4.69) is 32.6 Å². The van der Waals surface area contributed by atoms with Crippen LogP contribution in [0.25, 0.3) is 22.2 Å². The maximum atomic E-state index is 12.2. The van der Waals surface area contributed by atoms with Crippen LogP contribution in [0.15, 0.2) is 73.1 Å². The van der Waals surface area contributed by atoms with Crippen molar-refractivity contribution in [3.63, 3.8) is 0 Å². The molecule has 2 heterocycles. The Bertz CT molecular complexity index is 1370. The average molecular weight is 458 g/mol. The van der Waals surface area contributed by atoms with Gasteiger partial charge in [-0.05, 0) is 48.5 Å². The Morgan fingerprint density at radius 3 is 2.18 bits per heavy atom. The van der Waals surface area contributed by atoms with E-state index in [1.165, 1.54) is 6.92 Å². The normalized spacial score (nSPS) is 9.88. The van der Waals surface area contributed by atoms with E-state index in [4.69, 9.17) is 5.84 Å². The number of aromatic nitrogens is 2. The Balaban J connectivity index is 0.00000306. The minimum Gasteiger partial charge on any atom is -0.326 e. The lowest BCUT2D eigenvalue weighted by Gasteiger charge is -2.08. The number of rotatable bonds is 3. The lowest BCUT2D eigenvalue weighted by Crippen LogP contribution is -2.30. The molecule has 0 unspecified atom stereocenters. The number of carbonyl (C=O) groups excluding carboxylic acids is 2. The van der Waals surface area contributed by atoms with Crippen LogP contribution in [0.3, 0.4) is 0 Å². The number of hydrogen-bond donors (Lipinski definition) is 3. The van der Waals surface area contributed by atoms with Crippen molar-refractivity contribution in [2.45, 2.75) is 6.92 Å². The van der Waals surface area contributed by atoms with E-state index in [0.29, 0.717) is 22.2 Å². The number of benzene rings is 2. The van der Waals surface area contributed by atoms with E-state index in [1.54, 1.807) is 24.5 Å². The standard InChI is InChI=1S/C25H19N5O2.ClH/c1-16(31)28-20-10-6-18(7-11-20)3-2-17-4-8-19(9-5-17)24-14-21(25(32)30-26)22-15-27-13-12-23(22)29-24;/h4-15H,26H2,1H3,(H,28,31)(H,30,32);1H. The molecule has 0 bridgehead atoms. The van der Waals surface area contributed by atoms with Gasteiger partial charge in [-0.25, -0.2) is 10.8 Å². The van der Waals surface area contributed by atoms with E-state index >= 15 is 0 Å². The summed E-state index contributed by atoms with van der Waals surface area (Å²) in [7, 11) is 0. The molecule has 4 N–H and O–H groups in total. The number of nitrogens with one attached hydrogen (secondary N) is 2. The van der Waals surface area contributed by atoms with Crippen molar-refractivity contribution in [1.82, 2.24) is 15.4 Å². The van der Waals surface area contributed by atoms with Gasteiger partial charge < -0.3 is 5.32 Å². The first kappa shape index (κ1) is 23.4. The number of hydrogen-bond acceptors (Lipinski definition) is 5. The zero-order chi connectivity index (χ0) is 22.5. The number of halogens is 1. The number of nitrogens with two attached hydrogens (primary N) is 1. The fourth-order valence-electron chi connectivity index (χ4n) is 3.19. The number of amides is 2. The smallest absolute Gasteiger partial charge is 0.265 e. The van der Waals surface area contributed by atoms with Crippen LogP contribution >= 0.6 is 12.4 Å². The summed E-state index contributed by atoms with van der Waals surface area (Å²) in [6.07, 6.45) is 3.22. The Morgan fingerprint density at radius 2 is 1.58 bits per heavy atom. The van der Waals surface area contributed by atoms with Crippen LogP contribution in [0.2, 0.25) is 0 Å². The number of carbonyl (C=O) groups is 2. The molecular weight excluding hydrogens is 438 g/mol. The Morgan fingerprint density at radius 1 is 0.939 bits per heavy atom. The van der Waals surface area contributed by atoms with Crippen molar-refractivity contribution in [2.75, 3.05) is 5.32 Å². The molecule has 2 amide bonds. The van der Waals surface area contributed by atoms with E-state index in [1.807, 2.05) is 48.5 Å². The lowest BCUT2D eigenvalue weighted by molar-refractivity contribution is -0.114. The van der Waals surface area contributed by atoms with Gasteiger partial charge in [0, 0.05) is 47.1 Å². The van der Waals surface area contributed by atoms with Crippen molar-refractivity contribution in [1.29, 1.82) is 0 Å². The van der Waals surface area contributed by atoms with Crippen LogP contribution in [0.1, 0.15) is 28.4 Å². The quantitative estimate of drug-likeness (QED) is 0.188. The Hall–Kier alpha value is -4.25. The molecule has 33 heavy (non-hydrogen) atoms. The van der Waals surface area contributed by atoms with Gasteiger partial charge in [0.05, 0.1) is 16.8 Å². The fourth-order valence-corrected chi connectivity index (χ4v) is 3.19. The average Bonchev–Trinajstić information content (AvgIpc) is 2.82. The van der Waals surface area contributed by atoms with E-state index in [0.717, 1.165) is 22.4 Å². The largest absolute Gasteiger partial charge is 0.326 e. The number of nitrogens with zero attached hydrogens (tertiary/aromatic N) is 2. The third kappa shape index (κ3) is 5.52. The van der Waals surface area contributed by atoms with Crippen molar-refractivity contribution in [2.24, 2.45) is 5.84 Å². The number of pyridine rings is 2. The maximum Gasteiger partial charge on any atom is 0.265 e. The lowest BCUT2D eigenvalue weighted by atomic mass is 10.0. The molecule has 2 aromatic heterocycles.